The molecule has 0 radical (unpaired) electrons. The van der Waals surface area contributed by atoms with Crippen molar-refractivity contribution in [2.45, 2.75) is 38.3 Å². The summed E-state index contributed by atoms with van der Waals surface area (Å²) in [5, 5.41) is 15.6. The molecular weight excluding hydrogens is 317 g/mol. The van der Waals surface area contributed by atoms with Crippen LogP contribution in [0.15, 0.2) is 36.9 Å². The molecule has 1 aliphatic carbocycles. The van der Waals surface area contributed by atoms with Crippen LogP contribution in [0.3, 0.4) is 0 Å². The van der Waals surface area contributed by atoms with E-state index in [1.165, 1.54) is 18.5 Å². The minimum absolute atomic E-state index is 0.0425. The Hall–Kier alpha value is -1.46. The summed E-state index contributed by atoms with van der Waals surface area (Å²) in [5.74, 6) is 0.183. The minimum atomic E-state index is -0.975. The van der Waals surface area contributed by atoms with Crippen molar-refractivity contribution < 1.29 is 9.50 Å². The van der Waals surface area contributed by atoms with Gasteiger partial charge in [0, 0.05) is 11.3 Å². The van der Waals surface area contributed by atoms with Crippen LogP contribution in [0.4, 0.5) is 4.39 Å². The Morgan fingerprint density at radius 3 is 2.74 bits per heavy atom. The summed E-state index contributed by atoms with van der Waals surface area (Å²) in [6.07, 6.45) is 5.50. The van der Waals surface area contributed by atoms with Crippen LogP contribution in [0.1, 0.15) is 25.3 Å². The quantitative estimate of drug-likeness (QED) is 0.853. The van der Waals surface area contributed by atoms with Crippen molar-refractivity contribution in [1.82, 2.24) is 14.8 Å². The predicted octanol–water partition coefficient (Wildman–Crippen LogP) is 3.05. The van der Waals surface area contributed by atoms with E-state index in [9.17, 15) is 9.50 Å². The summed E-state index contributed by atoms with van der Waals surface area (Å²) < 4.78 is 14.8. The van der Waals surface area contributed by atoms with Gasteiger partial charge in [0.25, 0.3) is 0 Å². The van der Waals surface area contributed by atoms with E-state index in [4.69, 9.17) is 11.6 Å². The van der Waals surface area contributed by atoms with Crippen molar-refractivity contribution in [3.05, 3.63) is 48.3 Å². The molecule has 0 spiro atoms. The first-order valence-electron chi connectivity index (χ1n) is 7.82. The predicted molar refractivity (Wildman–Crippen MR) is 86.6 cm³/mol. The highest BCUT2D eigenvalue weighted by atomic mass is 35.5. The van der Waals surface area contributed by atoms with Crippen LogP contribution in [0, 0.1) is 17.2 Å². The van der Waals surface area contributed by atoms with Gasteiger partial charge in [-0.3, -0.25) is 4.68 Å². The van der Waals surface area contributed by atoms with Gasteiger partial charge in [0.05, 0.1) is 12.1 Å². The van der Waals surface area contributed by atoms with Gasteiger partial charge >= 0.3 is 0 Å². The Bertz CT molecular complexity index is 648. The molecule has 23 heavy (non-hydrogen) atoms. The largest absolute Gasteiger partial charge is 0.387 e. The zero-order valence-electron chi connectivity index (χ0n) is 13.1. The molecule has 0 aliphatic heterocycles. The molecule has 1 unspecified atom stereocenters. The SMILES string of the molecule is C[C@@]1(CCl)CCC(Cc2ccc(F)cc2)[C@]1(O)Cn1cncn1. The molecule has 3 rings (SSSR count). The molecule has 6 heteroatoms. The topological polar surface area (TPSA) is 50.9 Å². The van der Waals surface area contributed by atoms with E-state index in [0.717, 1.165) is 18.4 Å². The number of nitrogens with zero attached hydrogens (tertiary/aromatic N) is 3. The summed E-state index contributed by atoms with van der Waals surface area (Å²) in [4.78, 5) is 3.95. The first-order valence-corrected chi connectivity index (χ1v) is 8.35. The van der Waals surface area contributed by atoms with Crippen molar-refractivity contribution in [1.29, 1.82) is 0 Å². The van der Waals surface area contributed by atoms with Gasteiger partial charge in [0.15, 0.2) is 0 Å². The van der Waals surface area contributed by atoms with Crippen LogP contribution in [0.5, 0.6) is 0 Å². The van der Waals surface area contributed by atoms with E-state index in [-0.39, 0.29) is 17.2 Å². The molecular formula is C17H21ClFN3O. The number of rotatable bonds is 5. The zero-order valence-corrected chi connectivity index (χ0v) is 13.9. The van der Waals surface area contributed by atoms with Crippen LogP contribution < -0.4 is 0 Å². The third-order valence-corrected chi connectivity index (χ3v) is 5.91. The minimum Gasteiger partial charge on any atom is -0.387 e. The Kier molecular flexibility index (Phi) is 4.43. The summed E-state index contributed by atoms with van der Waals surface area (Å²) in [5.41, 5.74) is -0.338. The second-order valence-electron chi connectivity index (χ2n) is 6.78. The molecule has 124 valence electrons. The maximum Gasteiger partial charge on any atom is 0.137 e. The van der Waals surface area contributed by atoms with Crippen molar-refractivity contribution >= 4 is 11.6 Å². The Balaban J connectivity index is 1.87. The van der Waals surface area contributed by atoms with Crippen LogP contribution in [-0.2, 0) is 13.0 Å². The summed E-state index contributed by atoms with van der Waals surface area (Å²) in [6.45, 7) is 2.39. The lowest BCUT2D eigenvalue weighted by Crippen LogP contribution is -2.51. The summed E-state index contributed by atoms with van der Waals surface area (Å²) in [7, 11) is 0. The molecule has 2 aromatic rings. The zero-order chi connectivity index (χ0) is 16.5. The molecule has 1 aromatic carbocycles. The third kappa shape index (κ3) is 3.00. The Labute approximate surface area is 140 Å². The van der Waals surface area contributed by atoms with E-state index in [1.54, 1.807) is 23.1 Å². The Morgan fingerprint density at radius 1 is 1.39 bits per heavy atom. The fraction of sp³-hybridized carbons (Fsp3) is 0.529. The number of alkyl halides is 1. The third-order valence-electron chi connectivity index (χ3n) is 5.33. The average Bonchev–Trinajstić information content (AvgIpc) is 3.12. The highest BCUT2D eigenvalue weighted by Gasteiger charge is 2.56. The maximum absolute atomic E-state index is 13.1. The van der Waals surface area contributed by atoms with Crippen molar-refractivity contribution in [2.75, 3.05) is 5.88 Å². The lowest BCUT2D eigenvalue weighted by Gasteiger charge is -2.42. The molecule has 1 aromatic heterocycles. The molecule has 3 atom stereocenters. The molecule has 1 heterocycles. The molecule has 0 amide bonds. The number of benzene rings is 1. The average molecular weight is 338 g/mol. The number of aliphatic hydroxyl groups is 1. The van der Waals surface area contributed by atoms with Gasteiger partial charge in [-0.1, -0.05) is 19.1 Å². The van der Waals surface area contributed by atoms with Crippen molar-refractivity contribution in [3.8, 4) is 0 Å². The molecule has 0 bridgehead atoms. The van der Waals surface area contributed by atoms with Crippen LogP contribution in [0.2, 0.25) is 0 Å². The normalized spacial score (nSPS) is 30.7. The summed E-state index contributed by atoms with van der Waals surface area (Å²) in [6, 6.07) is 6.48. The maximum atomic E-state index is 13.1. The van der Waals surface area contributed by atoms with Crippen LogP contribution in [-0.4, -0.2) is 31.4 Å². The Morgan fingerprint density at radius 2 is 2.13 bits per heavy atom. The van der Waals surface area contributed by atoms with E-state index < -0.39 is 5.60 Å². The van der Waals surface area contributed by atoms with E-state index >= 15 is 0 Å². The highest BCUT2D eigenvalue weighted by molar-refractivity contribution is 6.18. The molecule has 0 saturated heterocycles. The second kappa shape index (κ2) is 6.21. The summed E-state index contributed by atoms with van der Waals surface area (Å²) >= 11 is 6.21. The number of hydrogen-bond acceptors (Lipinski definition) is 3. The first kappa shape index (κ1) is 16.4. The van der Waals surface area contributed by atoms with Gasteiger partial charge < -0.3 is 5.11 Å². The monoisotopic (exact) mass is 337 g/mol. The van der Waals surface area contributed by atoms with Gasteiger partial charge in [-0.05, 0) is 42.9 Å². The second-order valence-corrected chi connectivity index (χ2v) is 7.05. The van der Waals surface area contributed by atoms with E-state index in [2.05, 4.69) is 10.1 Å². The lowest BCUT2D eigenvalue weighted by molar-refractivity contribution is -0.0891. The lowest BCUT2D eigenvalue weighted by atomic mass is 9.72. The van der Waals surface area contributed by atoms with Gasteiger partial charge in [0.1, 0.15) is 18.5 Å². The van der Waals surface area contributed by atoms with Gasteiger partial charge in [-0.15, -0.1) is 11.6 Å². The highest BCUT2D eigenvalue weighted by Crippen LogP contribution is 2.52. The molecule has 1 N–H and O–H groups in total. The molecule has 1 saturated carbocycles. The number of halogens is 2. The standard InChI is InChI=1S/C17H21ClFN3O/c1-16(9-18)7-6-14(8-13-2-4-15(19)5-3-13)17(16,23)10-22-12-20-11-21-22/h2-5,11-12,14,23H,6-10H2,1H3/t14?,16-,17+/m0/s1. The van der Waals surface area contributed by atoms with Crippen molar-refractivity contribution in [2.24, 2.45) is 11.3 Å². The van der Waals surface area contributed by atoms with E-state index in [0.29, 0.717) is 18.8 Å². The fourth-order valence-electron chi connectivity index (χ4n) is 3.68. The van der Waals surface area contributed by atoms with Crippen molar-refractivity contribution in [3.63, 3.8) is 0 Å². The first-order chi connectivity index (χ1) is 11.0. The molecule has 1 fully saturated rings. The number of hydrogen-bond donors (Lipinski definition) is 1. The van der Waals surface area contributed by atoms with Gasteiger partial charge in [-0.2, -0.15) is 5.10 Å². The van der Waals surface area contributed by atoms with Crippen LogP contribution >= 0.6 is 11.6 Å². The number of aromatic nitrogens is 3. The molecule has 1 aliphatic rings. The van der Waals surface area contributed by atoms with Crippen LogP contribution in [0.25, 0.3) is 0 Å². The smallest absolute Gasteiger partial charge is 0.137 e. The fourth-order valence-corrected chi connectivity index (χ4v) is 4.05. The van der Waals surface area contributed by atoms with Gasteiger partial charge in [-0.25, -0.2) is 9.37 Å². The van der Waals surface area contributed by atoms with E-state index in [1.807, 2.05) is 6.92 Å². The molecule has 4 nitrogen and oxygen atoms in total. The van der Waals surface area contributed by atoms with Gasteiger partial charge in [0.2, 0.25) is 0 Å².